The molecule has 0 aliphatic rings. The van der Waals surface area contributed by atoms with Crippen molar-refractivity contribution >= 4 is 21.5 Å². The second kappa shape index (κ2) is 6.10. The molecule has 4 rings (SSSR count). The van der Waals surface area contributed by atoms with Gasteiger partial charge in [0.25, 0.3) is 0 Å². The number of aromatic nitrogens is 1. The lowest BCUT2D eigenvalue weighted by atomic mass is 9.95. The average molecular weight is 362 g/mol. The summed E-state index contributed by atoms with van der Waals surface area (Å²) in [6.45, 7) is 1.75. The summed E-state index contributed by atoms with van der Waals surface area (Å²) in [7, 11) is 0. The van der Waals surface area contributed by atoms with E-state index in [0.29, 0.717) is 22.2 Å². The van der Waals surface area contributed by atoms with Crippen LogP contribution in [0.3, 0.4) is 0 Å². The predicted octanol–water partition coefficient (Wildman–Crippen LogP) is 6.25. The minimum Gasteiger partial charge on any atom is -0.255 e. The molecule has 3 aromatic carbocycles. The molecule has 0 bridgehead atoms. The summed E-state index contributed by atoms with van der Waals surface area (Å²) >= 11 is 0. The van der Waals surface area contributed by atoms with Gasteiger partial charge in [-0.2, -0.15) is 18.4 Å². The van der Waals surface area contributed by atoms with E-state index in [-0.39, 0.29) is 5.39 Å². The van der Waals surface area contributed by atoms with Crippen LogP contribution in [0.1, 0.15) is 16.7 Å². The fourth-order valence-corrected chi connectivity index (χ4v) is 3.35. The zero-order valence-electron chi connectivity index (χ0n) is 14.3. The Labute approximate surface area is 153 Å². The Morgan fingerprint density at radius 2 is 1.70 bits per heavy atom. The molecule has 1 heterocycles. The van der Waals surface area contributed by atoms with Crippen LogP contribution in [0.15, 0.2) is 60.8 Å². The Morgan fingerprint density at radius 3 is 2.44 bits per heavy atom. The molecule has 4 aromatic rings. The van der Waals surface area contributed by atoms with Crippen molar-refractivity contribution in [3.05, 3.63) is 77.5 Å². The lowest BCUT2D eigenvalue weighted by Crippen LogP contribution is -2.07. The summed E-state index contributed by atoms with van der Waals surface area (Å²) in [6, 6.07) is 18.1. The Balaban J connectivity index is 2.06. The summed E-state index contributed by atoms with van der Waals surface area (Å²) in [5.41, 5.74) is 1.49. The number of aryl methyl sites for hydroxylation is 1. The molecular formula is C22H13F3N2. The Hall–Kier alpha value is -3.39. The van der Waals surface area contributed by atoms with E-state index in [2.05, 4.69) is 11.1 Å². The highest BCUT2D eigenvalue weighted by Gasteiger charge is 2.33. The highest BCUT2D eigenvalue weighted by atomic mass is 19.4. The van der Waals surface area contributed by atoms with Gasteiger partial charge in [0.2, 0.25) is 0 Å². The van der Waals surface area contributed by atoms with E-state index < -0.39 is 11.7 Å². The molecule has 0 spiro atoms. The number of rotatable bonds is 1. The van der Waals surface area contributed by atoms with Gasteiger partial charge in [0.1, 0.15) is 0 Å². The van der Waals surface area contributed by atoms with E-state index >= 15 is 0 Å². The first-order valence-electron chi connectivity index (χ1n) is 8.28. The number of alkyl halides is 3. The van der Waals surface area contributed by atoms with E-state index in [4.69, 9.17) is 0 Å². The number of nitriles is 1. The first-order chi connectivity index (χ1) is 12.9. The molecule has 0 fully saturated rings. The van der Waals surface area contributed by atoms with E-state index in [1.807, 2.05) is 30.3 Å². The van der Waals surface area contributed by atoms with E-state index in [9.17, 15) is 18.4 Å². The van der Waals surface area contributed by atoms with Gasteiger partial charge in [-0.1, -0.05) is 48.0 Å². The Kier molecular flexibility index (Phi) is 3.85. The van der Waals surface area contributed by atoms with Crippen LogP contribution in [0, 0.1) is 18.3 Å². The van der Waals surface area contributed by atoms with Crippen molar-refractivity contribution < 1.29 is 13.2 Å². The maximum Gasteiger partial charge on any atom is 0.418 e. The van der Waals surface area contributed by atoms with Crippen molar-refractivity contribution in [1.29, 1.82) is 5.26 Å². The van der Waals surface area contributed by atoms with Crippen LogP contribution in [-0.2, 0) is 6.18 Å². The minimum absolute atomic E-state index is 0.110. The van der Waals surface area contributed by atoms with Gasteiger partial charge in [-0.25, -0.2) is 0 Å². The van der Waals surface area contributed by atoms with Gasteiger partial charge >= 0.3 is 6.18 Å². The van der Waals surface area contributed by atoms with Gasteiger partial charge in [-0.05, 0) is 35.2 Å². The lowest BCUT2D eigenvalue weighted by Gasteiger charge is -2.14. The number of hydrogen-bond acceptors (Lipinski definition) is 2. The van der Waals surface area contributed by atoms with E-state index in [0.717, 1.165) is 22.5 Å². The first-order valence-corrected chi connectivity index (χ1v) is 8.28. The van der Waals surface area contributed by atoms with Gasteiger partial charge in [0.15, 0.2) is 0 Å². The molecule has 5 heteroatoms. The van der Waals surface area contributed by atoms with Crippen LogP contribution in [0.2, 0.25) is 0 Å². The van der Waals surface area contributed by atoms with Crippen molar-refractivity contribution in [2.75, 3.05) is 0 Å². The fourth-order valence-electron chi connectivity index (χ4n) is 3.35. The molecule has 2 nitrogen and oxygen atoms in total. The third kappa shape index (κ3) is 2.89. The number of pyridine rings is 1. The number of halogens is 3. The molecule has 0 N–H and O–H groups in total. The zero-order valence-corrected chi connectivity index (χ0v) is 14.3. The lowest BCUT2D eigenvalue weighted by molar-refractivity contribution is -0.136. The highest BCUT2D eigenvalue weighted by Crippen LogP contribution is 2.38. The molecule has 27 heavy (non-hydrogen) atoms. The van der Waals surface area contributed by atoms with Crippen LogP contribution in [-0.4, -0.2) is 4.98 Å². The second-order valence-electron chi connectivity index (χ2n) is 6.42. The molecule has 0 aliphatic carbocycles. The van der Waals surface area contributed by atoms with Crippen molar-refractivity contribution in [3.8, 4) is 17.3 Å². The van der Waals surface area contributed by atoms with Gasteiger partial charge in [0, 0.05) is 17.1 Å². The number of benzene rings is 3. The van der Waals surface area contributed by atoms with Gasteiger partial charge in [-0.3, -0.25) is 4.98 Å². The van der Waals surface area contributed by atoms with E-state index in [1.165, 1.54) is 6.07 Å². The normalized spacial score (nSPS) is 11.7. The summed E-state index contributed by atoms with van der Waals surface area (Å²) in [4.78, 5) is 4.13. The standard InChI is InChI=1S/C22H13F3N2/c1-13-6-7-18-19(8-13)20(22(23,24)25)12-27-21(18)15-9-14-4-2-3-5-17(14)16(10-15)11-26/h2-10,12H,1H3. The van der Waals surface area contributed by atoms with Crippen molar-refractivity contribution in [2.45, 2.75) is 13.1 Å². The van der Waals surface area contributed by atoms with Gasteiger partial charge in [-0.15, -0.1) is 0 Å². The maximum atomic E-state index is 13.4. The molecule has 0 amide bonds. The molecule has 0 saturated heterocycles. The molecule has 0 radical (unpaired) electrons. The largest absolute Gasteiger partial charge is 0.418 e. The van der Waals surface area contributed by atoms with Crippen LogP contribution in [0.5, 0.6) is 0 Å². The van der Waals surface area contributed by atoms with Crippen LogP contribution >= 0.6 is 0 Å². The summed E-state index contributed by atoms with van der Waals surface area (Å²) in [5.74, 6) is 0. The molecular weight excluding hydrogens is 349 g/mol. The Morgan fingerprint density at radius 1 is 0.926 bits per heavy atom. The third-order valence-corrected chi connectivity index (χ3v) is 4.60. The quantitative estimate of drug-likeness (QED) is 0.401. The average Bonchev–Trinajstić information content (AvgIpc) is 2.65. The SMILES string of the molecule is Cc1ccc2c(-c3cc(C#N)c4ccccc4c3)ncc(C(F)(F)F)c2c1. The third-order valence-electron chi connectivity index (χ3n) is 4.60. The highest BCUT2D eigenvalue weighted by molar-refractivity contribution is 6.00. The minimum atomic E-state index is -4.49. The van der Waals surface area contributed by atoms with Crippen molar-refractivity contribution in [1.82, 2.24) is 4.98 Å². The van der Waals surface area contributed by atoms with Crippen LogP contribution in [0.25, 0.3) is 32.8 Å². The van der Waals surface area contributed by atoms with E-state index in [1.54, 1.807) is 25.1 Å². The number of hydrogen-bond donors (Lipinski definition) is 0. The molecule has 1 aromatic heterocycles. The second-order valence-corrected chi connectivity index (χ2v) is 6.42. The molecule has 0 unspecified atom stereocenters. The first kappa shape index (κ1) is 17.0. The Bertz CT molecular complexity index is 1230. The summed E-state index contributed by atoms with van der Waals surface area (Å²) in [6.07, 6.45) is -3.61. The topological polar surface area (TPSA) is 36.7 Å². The fraction of sp³-hybridized carbons (Fsp3) is 0.0909. The molecule has 0 saturated carbocycles. The van der Waals surface area contributed by atoms with Crippen LogP contribution in [0.4, 0.5) is 13.2 Å². The summed E-state index contributed by atoms with van der Waals surface area (Å²) in [5, 5.41) is 11.7. The van der Waals surface area contributed by atoms with Crippen molar-refractivity contribution in [3.63, 3.8) is 0 Å². The summed E-state index contributed by atoms with van der Waals surface area (Å²) < 4.78 is 40.3. The molecule has 132 valence electrons. The number of nitrogens with zero attached hydrogens (tertiary/aromatic N) is 2. The predicted molar refractivity (Wildman–Crippen MR) is 99.1 cm³/mol. The number of fused-ring (bicyclic) bond motifs is 2. The van der Waals surface area contributed by atoms with Gasteiger partial charge < -0.3 is 0 Å². The van der Waals surface area contributed by atoms with Crippen LogP contribution < -0.4 is 0 Å². The zero-order chi connectivity index (χ0) is 19.2. The molecule has 0 atom stereocenters. The van der Waals surface area contributed by atoms with Crippen molar-refractivity contribution in [2.24, 2.45) is 0 Å². The monoisotopic (exact) mass is 362 g/mol. The smallest absolute Gasteiger partial charge is 0.255 e. The maximum absolute atomic E-state index is 13.4. The van der Waals surface area contributed by atoms with Gasteiger partial charge in [0.05, 0.1) is 22.9 Å². The molecule has 0 aliphatic heterocycles.